The molecule has 1 atom stereocenters. The van der Waals surface area contributed by atoms with E-state index in [4.69, 9.17) is 14.2 Å². The number of aromatic nitrogens is 3. The van der Waals surface area contributed by atoms with Crippen LogP contribution in [0.15, 0.2) is 60.6 Å². The zero-order chi connectivity index (χ0) is 27.8. The minimum Gasteiger partial charge on any atom is -0.505 e. The molecule has 1 fully saturated rings. The Morgan fingerprint density at radius 3 is 2.33 bits per heavy atom. The highest BCUT2D eigenvalue weighted by atomic mass is 16.5. The van der Waals surface area contributed by atoms with Crippen LogP contribution in [0.2, 0.25) is 0 Å². The van der Waals surface area contributed by atoms with Crippen LogP contribution in [0.4, 0.5) is 0 Å². The summed E-state index contributed by atoms with van der Waals surface area (Å²) in [4.78, 5) is 37.2. The van der Waals surface area contributed by atoms with Crippen molar-refractivity contribution in [3.63, 3.8) is 0 Å². The number of hydrogen-bond donors (Lipinski definition) is 1. The molecule has 1 aliphatic heterocycles. The Hall–Kier alpha value is -4.86. The summed E-state index contributed by atoms with van der Waals surface area (Å²) in [5.74, 6) is -0.877. The number of carbonyl (C=O) groups excluding carboxylic acids is 2. The number of rotatable bonds is 7. The van der Waals surface area contributed by atoms with Crippen molar-refractivity contribution in [1.29, 1.82) is 0 Å². The van der Waals surface area contributed by atoms with E-state index in [0.717, 1.165) is 11.1 Å². The first kappa shape index (κ1) is 25.8. The van der Waals surface area contributed by atoms with Crippen LogP contribution in [-0.4, -0.2) is 57.4 Å². The Kier molecular flexibility index (Phi) is 6.69. The SMILES string of the molecule is COc1cc(C2C(=C(O)c3nc4c(C)cccn4c3C)C(=O)C(=O)N2Cc2cccnc2)cc(OC)c1OC. The third-order valence-corrected chi connectivity index (χ3v) is 6.93. The van der Waals surface area contributed by atoms with Gasteiger partial charge < -0.3 is 28.6 Å². The molecule has 1 saturated heterocycles. The molecule has 0 bridgehead atoms. The molecule has 39 heavy (non-hydrogen) atoms. The molecule has 0 radical (unpaired) electrons. The van der Waals surface area contributed by atoms with Gasteiger partial charge in [0.25, 0.3) is 11.7 Å². The van der Waals surface area contributed by atoms with Crippen LogP contribution in [0.1, 0.15) is 34.1 Å². The van der Waals surface area contributed by atoms with Crippen molar-refractivity contribution in [2.75, 3.05) is 21.3 Å². The van der Waals surface area contributed by atoms with Gasteiger partial charge in [0.1, 0.15) is 11.3 Å². The molecule has 1 amide bonds. The first-order chi connectivity index (χ1) is 18.8. The molecule has 1 unspecified atom stereocenters. The van der Waals surface area contributed by atoms with Crippen LogP contribution in [0.25, 0.3) is 11.4 Å². The number of pyridine rings is 2. The standard InChI is InChI=1S/C29H28N4O6/c1-16-8-7-11-32-17(2)23(31-28(16)32)25(34)22-24(19-12-20(37-3)27(39-5)21(13-19)38-4)33(29(36)26(22)35)15-18-9-6-10-30-14-18/h6-14,24,34H,15H2,1-5H3. The number of ether oxygens (including phenoxy) is 3. The average molecular weight is 529 g/mol. The van der Waals surface area contributed by atoms with E-state index in [-0.39, 0.29) is 23.6 Å². The maximum Gasteiger partial charge on any atom is 0.295 e. The summed E-state index contributed by atoms with van der Waals surface area (Å²) in [6, 6.07) is 9.72. The Bertz CT molecular complexity index is 1600. The number of methoxy groups -OCH3 is 3. The van der Waals surface area contributed by atoms with E-state index in [2.05, 4.69) is 9.97 Å². The molecule has 0 aliphatic carbocycles. The van der Waals surface area contributed by atoms with Crippen molar-refractivity contribution in [3.05, 3.63) is 88.6 Å². The number of carbonyl (C=O) groups is 2. The van der Waals surface area contributed by atoms with Crippen LogP contribution in [0.3, 0.4) is 0 Å². The average Bonchev–Trinajstić information content (AvgIpc) is 3.42. The van der Waals surface area contributed by atoms with Crippen molar-refractivity contribution in [3.8, 4) is 17.2 Å². The number of fused-ring (bicyclic) bond motifs is 1. The van der Waals surface area contributed by atoms with E-state index in [1.807, 2.05) is 35.7 Å². The first-order valence-electron chi connectivity index (χ1n) is 12.2. The molecule has 200 valence electrons. The minimum absolute atomic E-state index is 0.0812. The summed E-state index contributed by atoms with van der Waals surface area (Å²) >= 11 is 0. The summed E-state index contributed by atoms with van der Waals surface area (Å²) in [7, 11) is 4.45. The van der Waals surface area contributed by atoms with Crippen LogP contribution in [0, 0.1) is 13.8 Å². The van der Waals surface area contributed by atoms with Crippen molar-refractivity contribution in [2.24, 2.45) is 0 Å². The molecule has 1 aliphatic rings. The van der Waals surface area contributed by atoms with Gasteiger partial charge in [0, 0.05) is 25.1 Å². The second kappa shape index (κ2) is 10.1. The van der Waals surface area contributed by atoms with Gasteiger partial charge >= 0.3 is 0 Å². The number of aliphatic hydroxyl groups excluding tert-OH is 1. The predicted molar refractivity (Wildman–Crippen MR) is 143 cm³/mol. The smallest absolute Gasteiger partial charge is 0.295 e. The number of aliphatic hydroxyl groups is 1. The molecular weight excluding hydrogens is 500 g/mol. The van der Waals surface area contributed by atoms with Gasteiger partial charge in [0.15, 0.2) is 17.3 Å². The Morgan fingerprint density at radius 2 is 1.74 bits per heavy atom. The lowest BCUT2D eigenvalue weighted by Crippen LogP contribution is -2.29. The molecule has 0 saturated carbocycles. The van der Waals surface area contributed by atoms with Gasteiger partial charge in [0.2, 0.25) is 5.75 Å². The molecule has 3 aromatic heterocycles. The largest absolute Gasteiger partial charge is 0.505 e. The van der Waals surface area contributed by atoms with E-state index >= 15 is 0 Å². The fourth-order valence-corrected chi connectivity index (χ4v) is 5.01. The quantitative estimate of drug-likeness (QED) is 0.218. The van der Waals surface area contributed by atoms with Crippen molar-refractivity contribution in [1.82, 2.24) is 19.3 Å². The van der Waals surface area contributed by atoms with E-state index in [0.29, 0.717) is 34.2 Å². The molecule has 4 heterocycles. The monoisotopic (exact) mass is 528 g/mol. The van der Waals surface area contributed by atoms with E-state index < -0.39 is 17.7 Å². The topological polar surface area (TPSA) is 115 Å². The number of aryl methyl sites for hydroxylation is 2. The van der Waals surface area contributed by atoms with Crippen molar-refractivity contribution in [2.45, 2.75) is 26.4 Å². The molecular formula is C29H28N4O6. The van der Waals surface area contributed by atoms with E-state index in [9.17, 15) is 14.7 Å². The highest BCUT2D eigenvalue weighted by Crippen LogP contribution is 2.46. The van der Waals surface area contributed by atoms with Gasteiger partial charge in [-0.1, -0.05) is 12.1 Å². The summed E-state index contributed by atoms with van der Waals surface area (Å²) in [5.41, 5.74) is 3.53. The molecule has 1 N–H and O–H groups in total. The third kappa shape index (κ3) is 4.23. The molecule has 0 spiro atoms. The maximum atomic E-state index is 13.6. The molecule has 10 nitrogen and oxygen atoms in total. The molecule has 1 aromatic carbocycles. The molecule has 4 aromatic rings. The van der Waals surface area contributed by atoms with Crippen LogP contribution >= 0.6 is 0 Å². The van der Waals surface area contributed by atoms with Crippen LogP contribution in [-0.2, 0) is 16.1 Å². The number of nitrogens with zero attached hydrogens (tertiary/aromatic N) is 4. The Balaban J connectivity index is 1.76. The Labute approximate surface area is 225 Å². The number of Topliss-reactive ketones (excluding diaryl/α,β-unsaturated/α-hetero) is 1. The fraction of sp³-hybridized carbons (Fsp3) is 0.241. The van der Waals surface area contributed by atoms with Gasteiger partial charge in [-0.05, 0) is 54.8 Å². The summed E-state index contributed by atoms with van der Waals surface area (Å²) in [6.45, 7) is 3.79. The number of benzene rings is 1. The summed E-state index contributed by atoms with van der Waals surface area (Å²) in [6.07, 6.45) is 5.09. The third-order valence-electron chi connectivity index (χ3n) is 6.93. The Morgan fingerprint density at radius 1 is 1.03 bits per heavy atom. The van der Waals surface area contributed by atoms with Gasteiger partial charge in [0.05, 0.1) is 38.6 Å². The predicted octanol–water partition coefficient (Wildman–Crippen LogP) is 3.99. The fourth-order valence-electron chi connectivity index (χ4n) is 5.01. The van der Waals surface area contributed by atoms with Crippen LogP contribution in [0.5, 0.6) is 17.2 Å². The van der Waals surface area contributed by atoms with Gasteiger partial charge in [-0.2, -0.15) is 0 Å². The number of hydrogen-bond acceptors (Lipinski definition) is 8. The number of likely N-dealkylation sites (tertiary alicyclic amines) is 1. The number of imidazole rings is 1. The number of ketones is 1. The lowest BCUT2D eigenvalue weighted by molar-refractivity contribution is -0.140. The normalized spacial score (nSPS) is 16.6. The van der Waals surface area contributed by atoms with E-state index in [1.165, 1.54) is 26.2 Å². The maximum absolute atomic E-state index is 13.6. The minimum atomic E-state index is -0.968. The first-order valence-corrected chi connectivity index (χ1v) is 12.2. The summed E-state index contributed by atoms with van der Waals surface area (Å²) < 4.78 is 18.4. The van der Waals surface area contributed by atoms with E-state index in [1.54, 1.807) is 37.5 Å². The molecule has 10 heteroatoms. The lowest BCUT2D eigenvalue weighted by Gasteiger charge is -2.26. The van der Waals surface area contributed by atoms with Crippen LogP contribution < -0.4 is 14.2 Å². The number of amides is 1. The molecule has 5 rings (SSSR count). The van der Waals surface area contributed by atoms with Gasteiger partial charge in [-0.25, -0.2) is 4.98 Å². The highest BCUT2D eigenvalue weighted by Gasteiger charge is 2.47. The zero-order valence-electron chi connectivity index (χ0n) is 22.3. The second-order valence-corrected chi connectivity index (χ2v) is 9.18. The summed E-state index contributed by atoms with van der Waals surface area (Å²) in [5, 5.41) is 11.7. The highest BCUT2D eigenvalue weighted by molar-refractivity contribution is 6.46. The second-order valence-electron chi connectivity index (χ2n) is 9.18. The van der Waals surface area contributed by atoms with Gasteiger partial charge in [-0.15, -0.1) is 0 Å². The lowest BCUT2D eigenvalue weighted by atomic mass is 9.95. The zero-order valence-corrected chi connectivity index (χ0v) is 22.3. The van der Waals surface area contributed by atoms with Crippen molar-refractivity contribution >= 4 is 23.1 Å². The van der Waals surface area contributed by atoms with Crippen molar-refractivity contribution < 1.29 is 28.9 Å². The van der Waals surface area contributed by atoms with Gasteiger partial charge in [-0.3, -0.25) is 14.6 Å².